The Kier molecular flexibility index (Phi) is 4.53. The molecule has 1 atom stereocenters. The second-order valence-electron chi connectivity index (χ2n) is 3.92. The summed E-state index contributed by atoms with van der Waals surface area (Å²) in [6.45, 7) is 3.55. The average Bonchev–Trinajstić information content (AvgIpc) is 2.28. The minimum absolute atomic E-state index is 0.494. The van der Waals surface area contributed by atoms with E-state index in [4.69, 9.17) is 10.5 Å². The zero-order valence-corrected chi connectivity index (χ0v) is 10.6. The number of nitrogens with one attached hydrogen (secondary N) is 2. The molecule has 98 valence electrons. The van der Waals surface area contributed by atoms with Crippen molar-refractivity contribution in [3.05, 3.63) is 23.8 Å². The van der Waals surface area contributed by atoms with E-state index in [1.165, 1.54) is 0 Å². The van der Waals surface area contributed by atoms with Crippen molar-refractivity contribution in [1.82, 2.24) is 5.32 Å². The monoisotopic (exact) mass is 251 g/mol. The van der Waals surface area contributed by atoms with Gasteiger partial charge in [0.05, 0.1) is 12.8 Å². The molecule has 0 saturated carbocycles. The third-order valence-electron chi connectivity index (χ3n) is 2.37. The van der Waals surface area contributed by atoms with Crippen LogP contribution in [0.15, 0.2) is 18.2 Å². The van der Waals surface area contributed by atoms with Crippen LogP contribution in [0.3, 0.4) is 0 Å². The van der Waals surface area contributed by atoms with Crippen LogP contribution in [-0.4, -0.2) is 25.1 Å². The van der Waals surface area contributed by atoms with Gasteiger partial charge in [-0.25, -0.2) is 4.79 Å². The van der Waals surface area contributed by atoms with E-state index >= 15 is 0 Å². The molecule has 0 heterocycles. The molecule has 3 amide bonds. The average molecular weight is 251 g/mol. The first-order valence-corrected chi connectivity index (χ1v) is 5.45. The number of primary amides is 1. The number of methoxy groups -OCH3 is 1. The molecule has 0 aliphatic carbocycles. The topological polar surface area (TPSA) is 93.4 Å². The number of urea groups is 1. The van der Waals surface area contributed by atoms with Crippen molar-refractivity contribution in [2.45, 2.75) is 19.9 Å². The van der Waals surface area contributed by atoms with Gasteiger partial charge in [0.1, 0.15) is 11.8 Å². The first-order chi connectivity index (χ1) is 8.43. The maximum atomic E-state index is 11.5. The molecule has 1 rings (SSSR count). The summed E-state index contributed by atoms with van der Waals surface area (Å²) in [4.78, 5) is 22.1. The highest BCUT2D eigenvalue weighted by atomic mass is 16.5. The summed E-state index contributed by atoms with van der Waals surface area (Å²) >= 11 is 0. The standard InChI is InChI=1S/C12H17N3O3/c1-7-4-5-10(18-3)9(6-7)14-8(2)11(16)15-12(13)17/h4-6,8,14H,1-3H3,(H3,13,15,16,17)/t8-/m1/s1. The summed E-state index contributed by atoms with van der Waals surface area (Å²) in [5.41, 5.74) is 6.59. The van der Waals surface area contributed by atoms with E-state index in [9.17, 15) is 9.59 Å². The molecular weight excluding hydrogens is 234 g/mol. The van der Waals surface area contributed by atoms with Crippen LogP contribution >= 0.6 is 0 Å². The summed E-state index contributed by atoms with van der Waals surface area (Å²) < 4.78 is 5.18. The minimum atomic E-state index is -0.871. The van der Waals surface area contributed by atoms with Gasteiger partial charge in [0.2, 0.25) is 5.91 Å². The van der Waals surface area contributed by atoms with Crippen LogP contribution in [0.4, 0.5) is 10.5 Å². The van der Waals surface area contributed by atoms with Crippen LogP contribution in [0.2, 0.25) is 0 Å². The highest BCUT2D eigenvalue weighted by Crippen LogP contribution is 2.25. The number of ether oxygens (including phenoxy) is 1. The Morgan fingerprint density at radius 3 is 2.61 bits per heavy atom. The molecule has 6 heteroatoms. The third kappa shape index (κ3) is 3.65. The molecule has 4 N–H and O–H groups in total. The SMILES string of the molecule is COc1ccc(C)cc1N[C@H](C)C(=O)NC(N)=O. The Balaban J connectivity index is 2.80. The molecule has 0 saturated heterocycles. The fraction of sp³-hybridized carbons (Fsp3) is 0.333. The number of carbonyl (C=O) groups is 2. The largest absolute Gasteiger partial charge is 0.495 e. The Labute approximate surface area is 105 Å². The van der Waals surface area contributed by atoms with Gasteiger partial charge in [-0.1, -0.05) is 6.07 Å². The lowest BCUT2D eigenvalue weighted by atomic mass is 10.2. The van der Waals surface area contributed by atoms with Gasteiger partial charge in [-0.05, 0) is 31.5 Å². The van der Waals surface area contributed by atoms with Gasteiger partial charge in [0, 0.05) is 0 Å². The summed E-state index contributed by atoms with van der Waals surface area (Å²) in [6, 6.07) is 4.08. The molecule has 18 heavy (non-hydrogen) atoms. The molecule has 0 aliphatic rings. The Morgan fingerprint density at radius 2 is 2.06 bits per heavy atom. The van der Waals surface area contributed by atoms with Crippen molar-refractivity contribution in [3.8, 4) is 5.75 Å². The maximum absolute atomic E-state index is 11.5. The van der Waals surface area contributed by atoms with E-state index in [2.05, 4.69) is 5.32 Å². The minimum Gasteiger partial charge on any atom is -0.495 e. The van der Waals surface area contributed by atoms with E-state index in [1.807, 2.05) is 24.4 Å². The van der Waals surface area contributed by atoms with Crippen molar-refractivity contribution in [2.24, 2.45) is 5.73 Å². The zero-order chi connectivity index (χ0) is 13.7. The van der Waals surface area contributed by atoms with Crippen molar-refractivity contribution < 1.29 is 14.3 Å². The summed E-state index contributed by atoms with van der Waals surface area (Å²) in [5.74, 6) is 0.130. The number of benzene rings is 1. The molecule has 0 aliphatic heterocycles. The van der Waals surface area contributed by atoms with E-state index in [1.54, 1.807) is 20.1 Å². The van der Waals surface area contributed by atoms with Gasteiger partial charge in [0.25, 0.3) is 0 Å². The Hall–Kier alpha value is -2.24. The number of nitrogens with two attached hydrogens (primary N) is 1. The summed E-state index contributed by atoms with van der Waals surface area (Å²) in [7, 11) is 1.55. The van der Waals surface area contributed by atoms with Crippen LogP contribution in [0, 0.1) is 6.92 Å². The van der Waals surface area contributed by atoms with E-state index < -0.39 is 18.0 Å². The van der Waals surface area contributed by atoms with Gasteiger partial charge in [-0.2, -0.15) is 0 Å². The number of aryl methyl sites for hydroxylation is 1. The highest BCUT2D eigenvalue weighted by molar-refractivity contribution is 5.97. The molecular formula is C12H17N3O3. The molecule has 0 bridgehead atoms. The normalized spacial score (nSPS) is 11.5. The molecule has 0 aromatic heterocycles. The lowest BCUT2D eigenvalue weighted by Crippen LogP contribution is -2.43. The van der Waals surface area contributed by atoms with Crippen LogP contribution in [-0.2, 0) is 4.79 Å². The maximum Gasteiger partial charge on any atom is 0.318 e. The quantitative estimate of drug-likeness (QED) is 0.744. The first-order valence-electron chi connectivity index (χ1n) is 5.45. The predicted octanol–water partition coefficient (Wildman–Crippen LogP) is 0.999. The number of hydrogen-bond donors (Lipinski definition) is 3. The van der Waals surface area contributed by atoms with E-state index in [0.717, 1.165) is 5.56 Å². The molecule has 6 nitrogen and oxygen atoms in total. The molecule has 1 aromatic rings. The summed E-state index contributed by atoms with van der Waals surface area (Å²) in [5, 5.41) is 4.97. The van der Waals surface area contributed by atoms with Crippen molar-refractivity contribution in [3.63, 3.8) is 0 Å². The summed E-state index contributed by atoms with van der Waals surface area (Å²) in [6.07, 6.45) is 0. The van der Waals surface area contributed by atoms with E-state index in [0.29, 0.717) is 11.4 Å². The number of imide groups is 1. The molecule has 0 fully saturated rings. The number of amides is 3. The van der Waals surface area contributed by atoms with Crippen LogP contribution in [0.5, 0.6) is 5.75 Å². The van der Waals surface area contributed by atoms with Crippen molar-refractivity contribution in [2.75, 3.05) is 12.4 Å². The first kappa shape index (κ1) is 13.8. The molecule has 1 aromatic carbocycles. The lowest BCUT2D eigenvalue weighted by molar-refractivity contribution is -0.120. The second-order valence-corrected chi connectivity index (χ2v) is 3.92. The lowest BCUT2D eigenvalue weighted by Gasteiger charge is -2.16. The van der Waals surface area contributed by atoms with Crippen molar-refractivity contribution >= 4 is 17.6 Å². The number of hydrogen-bond acceptors (Lipinski definition) is 4. The molecule has 0 radical (unpaired) electrons. The predicted molar refractivity (Wildman–Crippen MR) is 68.5 cm³/mol. The zero-order valence-electron chi connectivity index (χ0n) is 10.6. The fourth-order valence-corrected chi connectivity index (χ4v) is 1.46. The number of rotatable bonds is 4. The van der Waals surface area contributed by atoms with Gasteiger partial charge < -0.3 is 15.8 Å². The van der Waals surface area contributed by atoms with Gasteiger partial charge in [-0.3, -0.25) is 10.1 Å². The van der Waals surface area contributed by atoms with Gasteiger partial charge in [0.15, 0.2) is 0 Å². The smallest absolute Gasteiger partial charge is 0.318 e. The fourth-order valence-electron chi connectivity index (χ4n) is 1.46. The second kappa shape index (κ2) is 5.90. The Bertz CT molecular complexity index is 460. The number of anilines is 1. The van der Waals surface area contributed by atoms with Gasteiger partial charge in [-0.15, -0.1) is 0 Å². The number of carbonyl (C=O) groups excluding carboxylic acids is 2. The molecule has 0 unspecified atom stereocenters. The highest BCUT2D eigenvalue weighted by Gasteiger charge is 2.15. The molecule has 0 spiro atoms. The van der Waals surface area contributed by atoms with Crippen LogP contribution in [0.25, 0.3) is 0 Å². The Morgan fingerprint density at radius 1 is 1.39 bits per heavy atom. The third-order valence-corrected chi connectivity index (χ3v) is 2.37. The van der Waals surface area contributed by atoms with Crippen LogP contribution in [0.1, 0.15) is 12.5 Å². The van der Waals surface area contributed by atoms with Crippen LogP contribution < -0.4 is 21.1 Å². The van der Waals surface area contributed by atoms with Gasteiger partial charge >= 0.3 is 6.03 Å². The van der Waals surface area contributed by atoms with Crippen molar-refractivity contribution in [1.29, 1.82) is 0 Å². The van der Waals surface area contributed by atoms with E-state index in [-0.39, 0.29) is 0 Å².